The van der Waals surface area contributed by atoms with E-state index in [2.05, 4.69) is 10.7 Å². The van der Waals surface area contributed by atoms with Gasteiger partial charge >= 0.3 is 5.69 Å². The summed E-state index contributed by atoms with van der Waals surface area (Å²) in [4.78, 5) is 24.5. The first-order chi connectivity index (χ1) is 9.51. The standard InChI is InChI=1S/C12H19N5O3/c1-3-16(2)8-7-14-12(18)9-5-4-6-10(15-13)11(9)17(19)20/h4-6,15H,3,7-8,13H2,1-2H3,(H,14,18). The maximum absolute atomic E-state index is 12.0. The Morgan fingerprint density at radius 2 is 2.20 bits per heavy atom. The molecule has 0 bridgehead atoms. The molecule has 0 aliphatic rings. The number of nitrogens with two attached hydrogens (primary N) is 1. The van der Waals surface area contributed by atoms with Crippen molar-refractivity contribution in [1.82, 2.24) is 10.2 Å². The molecule has 20 heavy (non-hydrogen) atoms. The van der Waals surface area contributed by atoms with Gasteiger partial charge in [0.05, 0.1) is 4.92 Å². The summed E-state index contributed by atoms with van der Waals surface area (Å²) in [5.41, 5.74) is 2.00. The Morgan fingerprint density at radius 1 is 1.50 bits per heavy atom. The monoisotopic (exact) mass is 281 g/mol. The molecule has 0 atom stereocenters. The number of nitro groups is 1. The number of anilines is 1. The lowest BCUT2D eigenvalue weighted by Gasteiger charge is -2.14. The van der Waals surface area contributed by atoms with Gasteiger partial charge in [-0.1, -0.05) is 13.0 Å². The highest BCUT2D eigenvalue weighted by atomic mass is 16.6. The van der Waals surface area contributed by atoms with Crippen LogP contribution in [0.2, 0.25) is 0 Å². The van der Waals surface area contributed by atoms with Gasteiger partial charge in [-0.3, -0.25) is 20.8 Å². The first kappa shape index (κ1) is 15.9. The second-order valence-electron chi connectivity index (χ2n) is 4.25. The molecule has 110 valence electrons. The van der Waals surface area contributed by atoms with E-state index in [9.17, 15) is 14.9 Å². The molecular weight excluding hydrogens is 262 g/mol. The maximum atomic E-state index is 12.0. The highest BCUT2D eigenvalue weighted by molar-refractivity contribution is 6.00. The zero-order valence-electron chi connectivity index (χ0n) is 11.5. The van der Waals surface area contributed by atoms with Crippen molar-refractivity contribution in [1.29, 1.82) is 0 Å². The summed E-state index contributed by atoms with van der Waals surface area (Å²) < 4.78 is 0. The van der Waals surface area contributed by atoms with Gasteiger partial charge in [0.15, 0.2) is 0 Å². The number of rotatable bonds is 7. The Balaban J connectivity index is 2.85. The summed E-state index contributed by atoms with van der Waals surface area (Å²) in [6, 6.07) is 4.38. The average molecular weight is 281 g/mol. The highest BCUT2D eigenvalue weighted by Crippen LogP contribution is 2.27. The molecule has 0 saturated carbocycles. The number of hydrogen-bond acceptors (Lipinski definition) is 6. The van der Waals surface area contributed by atoms with Crippen LogP contribution in [-0.4, -0.2) is 42.4 Å². The van der Waals surface area contributed by atoms with E-state index in [-0.39, 0.29) is 16.9 Å². The fourth-order valence-electron chi connectivity index (χ4n) is 1.65. The van der Waals surface area contributed by atoms with Gasteiger partial charge in [0.25, 0.3) is 5.91 Å². The summed E-state index contributed by atoms with van der Waals surface area (Å²) in [6.07, 6.45) is 0. The first-order valence-corrected chi connectivity index (χ1v) is 6.22. The summed E-state index contributed by atoms with van der Waals surface area (Å²) in [5.74, 6) is 4.73. The van der Waals surface area contributed by atoms with Crippen LogP contribution in [0.3, 0.4) is 0 Å². The second kappa shape index (κ2) is 7.41. The average Bonchev–Trinajstić information content (AvgIpc) is 2.45. The lowest BCUT2D eigenvalue weighted by molar-refractivity contribution is -0.384. The second-order valence-corrected chi connectivity index (χ2v) is 4.25. The third-order valence-corrected chi connectivity index (χ3v) is 2.94. The largest absolute Gasteiger partial charge is 0.351 e. The van der Waals surface area contributed by atoms with Crippen molar-refractivity contribution < 1.29 is 9.72 Å². The molecule has 0 saturated heterocycles. The van der Waals surface area contributed by atoms with Crippen LogP contribution in [-0.2, 0) is 0 Å². The molecule has 8 heteroatoms. The molecule has 1 amide bonds. The predicted octanol–water partition coefficient (Wildman–Crippen LogP) is 0.562. The first-order valence-electron chi connectivity index (χ1n) is 6.22. The topological polar surface area (TPSA) is 114 Å². The van der Waals surface area contributed by atoms with Crippen LogP contribution < -0.4 is 16.6 Å². The third kappa shape index (κ3) is 3.90. The summed E-state index contributed by atoms with van der Waals surface area (Å²) in [6.45, 7) is 3.96. The van der Waals surface area contributed by atoms with E-state index in [1.54, 1.807) is 0 Å². The summed E-state index contributed by atoms with van der Waals surface area (Å²) in [7, 11) is 1.92. The van der Waals surface area contributed by atoms with Crippen LogP contribution in [0.25, 0.3) is 0 Å². The van der Waals surface area contributed by atoms with E-state index < -0.39 is 10.8 Å². The van der Waals surface area contributed by atoms with Crippen molar-refractivity contribution >= 4 is 17.3 Å². The Labute approximate surface area is 117 Å². The van der Waals surface area contributed by atoms with Gasteiger partial charge < -0.3 is 15.6 Å². The molecule has 0 aliphatic heterocycles. The Morgan fingerprint density at radius 3 is 2.75 bits per heavy atom. The number of carbonyl (C=O) groups is 1. The van der Waals surface area contributed by atoms with E-state index >= 15 is 0 Å². The van der Waals surface area contributed by atoms with E-state index in [0.29, 0.717) is 13.1 Å². The maximum Gasteiger partial charge on any atom is 0.306 e. The normalized spacial score (nSPS) is 10.4. The SMILES string of the molecule is CCN(C)CCNC(=O)c1cccc(NN)c1[N+](=O)[O-]. The van der Waals surface area contributed by atoms with E-state index in [4.69, 9.17) is 5.84 Å². The van der Waals surface area contributed by atoms with Crippen LogP contribution in [0, 0.1) is 10.1 Å². The lowest BCUT2D eigenvalue weighted by atomic mass is 10.1. The molecule has 1 aromatic rings. The van der Waals surface area contributed by atoms with Gasteiger partial charge in [0, 0.05) is 13.1 Å². The Hall–Kier alpha value is -2.19. The van der Waals surface area contributed by atoms with Gasteiger partial charge in [-0.2, -0.15) is 0 Å². The van der Waals surface area contributed by atoms with Gasteiger partial charge in [-0.25, -0.2) is 0 Å². The van der Waals surface area contributed by atoms with Gasteiger partial charge in [0.2, 0.25) is 0 Å². The Bertz CT molecular complexity index is 492. The van der Waals surface area contributed by atoms with E-state index in [1.807, 2.05) is 18.9 Å². The lowest BCUT2D eigenvalue weighted by Crippen LogP contribution is -2.33. The summed E-state index contributed by atoms with van der Waals surface area (Å²) in [5, 5.41) is 13.7. The fourth-order valence-corrected chi connectivity index (χ4v) is 1.65. The minimum atomic E-state index is -0.623. The van der Waals surface area contributed by atoms with Crippen molar-refractivity contribution in [3.63, 3.8) is 0 Å². The molecule has 4 N–H and O–H groups in total. The number of nitro benzene ring substituents is 1. The number of hydrogen-bond donors (Lipinski definition) is 3. The van der Waals surface area contributed by atoms with Crippen molar-refractivity contribution in [2.45, 2.75) is 6.92 Å². The predicted molar refractivity (Wildman–Crippen MR) is 76.4 cm³/mol. The van der Waals surface area contributed by atoms with Gasteiger partial charge in [-0.15, -0.1) is 0 Å². The number of likely N-dealkylation sites (N-methyl/N-ethyl adjacent to an activating group) is 1. The molecule has 1 rings (SSSR count). The number of para-hydroxylation sites is 1. The minimum absolute atomic E-state index is 0.00963. The number of nitrogens with one attached hydrogen (secondary N) is 2. The quantitative estimate of drug-likeness (QED) is 0.382. The number of nitrogens with zero attached hydrogens (tertiary/aromatic N) is 2. The number of amides is 1. The molecule has 0 spiro atoms. The Kier molecular flexibility index (Phi) is 5.88. The number of nitrogen functional groups attached to an aromatic ring is 1. The minimum Gasteiger partial charge on any atom is -0.351 e. The zero-order chi connectivity index (χ0) is 15.1. The molecule has 0 unspecified atom stereocenters. The van der Waals surface area contributed by atoms with Crippen LogP contribution in [0.1, 0.15) is 17.3 Å². The molecule has 8 nitrogen and oxygen atoms in total. The molecule has 0 fully saturated rings. The molecule has 0 aliphatic carbocycles. The van der Waals surface area contributed by atoms with Crippen molar-refractivity contribution in [3.8, 4) is 0 Å². The summed E-state index contributed by atoms with van der Waals surface area (Å²) >= 11 is 0. The van der Waals surface area contributed by atoms with E-state index in [0.717, 1.165) is 6.54 Å². The van der Waals surface area contributed by atoms with Crippen molar-refractivity contribution in [2.24, 2.45) is 5.84 Å². The molecule has 0 radical (unpaired) electrons. The third-order valence-electron chi connectivity index (χ3n) is 2.94. The van der Waals surface area contributed by atoms with Crippen LogP contribution in [0.4, 0.5) is 11.4 Å². The molecule has 0 aromatic heterocycles. The number of hydrazine groups is 1. The van der Waals surface area contributed by atoms with Crippen LogP contribution >= 0.6 is 0 Å². The number of benzene rings is 1. The highest BCUT2D eigenvalue weighted by Gasteiger charge is 2.23. The van der Waals surface area contributed by atoms with E-state index in [1.165, 1.54) is 18.2 Å². The van der Waals surface area contributed by atoms with Crippen LogP contribution in [0.5, 0.6) is 0 Å². The molecule has 0 heterocycles. The van der Waals surface area contributed by atoms with Crippen molar-refractivity contribution in [3.05, 3.63) is 33.9 Å². The molecule has 1 aromatic carbocycles. The fraction of sp³-hybridized carbons (Fsp3) is 0.417. The van der Waals surface area contributed by atoms with Gasteiger partial charge in [0.1, 0.15) is 11.3 Å². The number of carbonyl (C=O) groups excluding carboxylic acids is 1. The van der Waals surface area contributed by atoms with Crippen LogP contribution in [0.15, 0.2) is 18.2 Å². The van der Waals surface area contributed by atoms with Gasteiger partial charge in [-0.05, 0) is 25.7 Å². The smallest absolute Gasteiger partial charge is 0.306 e. The molecular formula is C12H19N5O3. The van der Waals surface area contributed by atoms with Crippen molar-refractivity contribution in [2.75, 3.05) is 32.1 Å². The zero-order valence-corrected chi connectivity index (χ0v) is 11.5.